The predicted octanol–water partition coefficient (Wildman–Crippen LogP) is 4.86. The normalized spacial score (nSPS) is 35.7. The van der Waals surface area contributed by atoms with Gasteiger partial charge in [-0.15, -0.1) is 0 Å². The second kappa shape index (κ2) is 9.13. The number of nitrogens with one attached hydrogen (secondary N) is 3. The fraction of sp³-hybridized carbons (Fsp3) is 0.516. The van der Waals surface area contributed by atoms with Crippen LogP contribution in [0.5, 0.6) is 0 Å². The third-order valence-corrected chi connectivity index (χ3v) is 9.82. The molecule has 2 saturated heterocycles. The molecule has 2 saturated carbocycles. The van der Waals surface area contributed by atoms with Gasteiger partial charge in [-0.05, 0) is 92.1 Å². The molecule has 188 valence electrons. The Morgan fingerprint density at radius 2 is 1.81 bits per heavy atom. The van der Waals surface area contributed by atoms with Crippen LogP contribution in [0.1, 0.15) is 61.6 Å². The van der Waals surface area contributed by atoms with Crippen molar-refractivity contribution in [1.29, 1.82) is 0 Å². The average molecular weight is 483 g/mol. The number of hydrazine groups is 1. The number of likely N-dealkylation sites (tertiary alicyclic amines) is 1. The van der Waals surface area contributed by atoms with Crippen LogP contribution in [0, 0.1) is 17.8 Å². The summed E-state index contributed by atoms with van der Waals surface area (Å²) >= 11 is 0. The fourth-order valence-corrected chi connectivity index (χ4v) is 7.78. The van der Waals surface area contributed by atoms with Crippen LogP contribution in [0.2, 0.25) is 0 Å². The van der Waals surface area contributed by atoms with Crippen molar-refractivity contribution in [1.82, 2.24) is 15.8 Å². The summed E-state index contributed by atoms with van der Waals surface area (Å²) in [4.78, 5) is 15.5. The minimum absolute atomic E-state index is 0.232. The maximum atomic E-state index is 12.9. The Labute approximate surface area is 214 Å². The van der Waals surface area contributed by atoms with E-state index in [1.165, 1.54) is 61.9 Å². The molecule has 2 aromatic carbocycles. The number of carbonyl (C=O) groups is 1. The van der Waals surface area contributed by atoms with E-state index in [0.717, 1.165) is 25.1 Å². The smallest absolute Gasteiger partial charge is 0.235 e. The van der Waals surface area contributed by atoms with E-state index >= 15 is 0 Å². The number of rotatable bonds is 5. The molecule has 3 aliphatic heterocycles. The maximum absolute atomic E-state index is 12.9. The summed E-state index contributed by atoms with van der Waals surface area (Å²) in [5, 5.41) is 3.15. The molecule has 1 spiro atoms. The zero-order chi connectivity index (χ0) is 24.1. The van der Waals surface area contributed by atoms with Crippen molar-refractivity contribution in [2.24, 2.45) is 17.8 Å². The van der Waals surface area contributed by atoms with Gasteiger partial charge in [0.15, 0.2) is 0 Å². The molecule has 7 rings (SSSR count). The quantitative estimate of drug-likeness (QED) is 0.570. The van der Waals surface area contributed by atoms with E-state index in [-0.39, 0.29) is 11.3 Å². The van der Waals surface area contributed by atoms with Gasteiger partial charge in [0.2, 0.25) is 5.91 Å². The standard InChI is InChI=1S/C31H38N4O/c36-30-31(25-6-2-3-7-28(25)32-30)19-26(31)23-13-14-24-27(33-34-29(24)18-23)15-12-21-8-10-22(11-9-21)20-35-16-4-1-5-17-35/h2-3,6-12,15,23-24,26-27,29,33-34H,1,4-5,13-14,16-20H2,(H,32,36)/b15-12+/t23?,24?,26-,27?,29?,31-/m0/s1. The van der Waals surface area contributed by atoms with E-state index < -0.39 is 0 Å². The molecule has 3 N–H and O–H groups in total. The summed E-state index contributed by atoms with van der Waals surface area (Å²) in [6.07, 6.45) is 13.3. The first-order valence-corrected chi connectivity index (χ1v) is 14.1. The van der Waals surface area contributed by atoms with E-state index in [0.29, 0.717) is 29.8 Å². The van der Waals surface area contributed by atoms with Crippen molar-refractivity contribution >= 4 is 17.7 Å². The summed E-state index contributed by atoms with van der Waals surface area (Å²) in [7, 11) is 0. The van der Waals surface area contributed by atoms with Gasteiger partial charge in [-0.25, -0.2) is 0 Å². The number of nitrogens with zero attached hydrogens (tertiary/aromatic N) is 1. The number of piperidine rings is 1. The Bertz CT molecular complexity index is 1150. The lowest BCUT2D eigenvalue weighted by atomic mass is 9.73. The lowest BCUT2D eigenvalue weighted by molar-refractivity contribution is -0.118. The summed E-state index contributed by atoms with van der Waals surface area (Å²) in [5.41, 5.74) is 11.9. The molecule has 5 aliphatic rings. The molecule has 3 heterocycles. The molecule has 1 amide bonds. The lowest BCUT2D eigenvalue weighted by Gasteiger charge is -2.33. The number of hydrogen-bond donors (Lipinski definition) is 3. The molecule has 5 nitrogen and oxygen atoms in total. The van der Waals surface area contributed by atoms with Crippen molar-refractivity contribution in [2.75, 3.05) is 18.4 Å². The Morgan fingerprint density at radius 3 is 2.67 bits per heavy atom. The summed E-state index contributed by atoms with van der Waals surface area (Å²) in [5.74, 6) is 1.96. The number of fused-ring (bicyclic) bond motifs is 3. The van der Waals surface area contributed by atoms with Gasteiger partial charge in [0, 0.05) is 24.3 Å². The number of benzene rings is 2. The summed E-state index contributed by atoms with van der Waals surface area (Å²) in [6, 6.07) is 18.3. The second-order valence-corrected chi connectivity index (χ2v) is 11.9. The average Bonchev–Trinajstić information content (AvgIpc) is 3.45. The van der Waals surface area contributed by atoms with Gasteiger partial charge in [0.05, 0.1) is 5.41 Å². The Balaban J connectivity index is 0.958. The molecule has 0 bridgehead atoms. The highest BCUT2D eigenvalue weighted by atomic mass is 16.2. The Morgan fingerprint density at radius 1 is 0.972 bits per heavy atom. The van der Waals surface area contributed by atoms with Gasteiger partial charge in [-0.1, -0.05) is 61.0 Å². The third-order valence-electron chi connectivity index (χ3n) is 9.82. The first-order valence-electron chi connectivity index (χ1n) is 14.1. The van der Waals surface area contributed by atoms with E-state index in [4.69, 9.17) is 0 Å². The fourth-order valence-electron chi connectivity index (χ4n) is 7.78. The highest BCUT2D eigenvalue weighted by Crippen LogP contribution is 2.64. The van der Waals surface area contributed by atoms with Crippen LogP contribution in [0.4, 0.5) is 5.69 Å². The minimum Gasteiger partial charge on any atom is -0.325 e. The van der Waals surface area contributed by atoms with Crippen molar-refractivity contribution in [3.05, 3.63) is 71.3 Å². The van der Waals surface area contributed by atoms with Gasteiger partial charge in [0.1, 0.15) is 0 Å². The molecule has 36 heavy (non-hydrogen) atoms. The number of para-hydroxylation sites is 1. The van der Waals surface area contributed by atoms with Crippen molar-refractivity contribution < 1.29 is 4.79 Å². The SMILES string of the molecule is O=C1Nc2ccccc2[C@]12C[C@H]2C1CCC2C(/C=C/c3ccc(CN4CCCCC4)cc3)NNC2C1. The molecule has 4 fully saturated rings. The number of anilines is 1. The molecule has 5 heteroatoms. The van der Waals surface area contributed by atoms with Gasteiger partial charge < -0.3 is 5.32 Å². The molecular formula is C31H38N4O. The van der Waals surface area contributed by atoms with Gasteiger partial charge in [0.25, 0.3) is 0 Å². The molecular weight excluding hydrogens is 444 g/mol. The van der Waals surface area contributed by atoms with E-state index in [1.54, 1.807) is 0 Å². The first-order chi connectivity index (χ1) is 17.7. The van der Waals surface area contributed by atoms with E-state index in [2.05, 4.69) is 75.7 Å². The summed E-state index contributed by atoms with van der Waals surface area (Å²) < 4.78 is 0. The lowest BCUT2D eigenvalue weighted by Crippen LogP contribution is -2.37. The van der Waals surface area contributed by atoms with Crippen LogP contribution in [0.15, 0.2) is 54.6 Å². The molecule has 0 radical (unpaired) electrons. The van der Waals surface area contributed by atoms with E-state index in [9.17, 15) is 4.79 Å². The van der Waals surface area contributed by atoms with Crippen LogP contribution in [-0.2, 0) is 16.8 Å². The van der Waals surface area contributed by atoms with Crippen molar-refractivity contribution in [3.8, 4) is 0 Å². The first kappa shape index (κ1) is 22.7. The maximum Gasteiger partial charge on any atom is 0.235 e. The predicted molar refractivity (Wildman–Crippen MR) is 144 cm³/mol. The Hall–Kier alpha value is -2.47. The van der Waals surface area contributed by atoms with Gasteiger partial charge in [-0.2, -0.15) is 0 Å². The van der Waals surface area contributed by atoms with Crippen molar-refractivity contribution in [3.63, 3.8) is 0 Å². The van der Waals surface area contributed by atoms with Crippen LogP contribution in [0.3, 0.4) is 0 Å². The molecule has 0 aromatic heterocycles. The van der Waals surface area contributed by atoms with Gasteiger partial charge >= 0.3 is 0 Å². The van der Waals surface area contributed by atoms with Crippen LogP contribution < -0.4 is 16.2 Å². The zero-order valence-corrected chi connectivity index (χ0v) is 21.1. The monoisotopic (exact) mass is 482 g/mol. The second-order valence-electron chi connectivity index (χ2n) is 11.9. The summed E-state index contributed by atoms with van der Waals surface area (Å²) in [6.45, 7) is 3.57. The van der Waals surface area contributed by atoms with Gasteiger partial charge in [-0.3, -0.25) is 20.5 Å². The highest BCUT2D eigenvalue weighted by molar-refractivity contribution is 6.08. The zero-order valence-electron chi connectivity index (χ0n) is 21.1. The van der Waals surface area contributed by atoms with Crippen LogP contribution in [0.25, 0.3) is 6.08 Å². The van der Waals surface area contributed by atoms with E-state index in [1.807, 2.05) is 6.07 Å². The minimum atomic E-state index is -0.250. The third kappa shape index (κ3) is 3.93. The number of hydrogen-bond acceptors (Lipinski definition) is 4. The number of amides is 1. The largest absolute Gasteiger partial charge is 0.325 e. The van der Waals surface area contributed by atoms with Crippen molar-refractivity contribution in [2.45, 2.75) is 69.0 Å². The molecule has 6 atom stereocenters. The number of carbonyl (C=O) groups excluding carboxylic acids is 1. The van der Waals surface area contributed by atoms with Crippen LogP contribution >= 0.6 is 0 Å². The topological polar surface area (TPSA) is 56.4 Å². The molecule has 2 aromatic rings. The molecule has 4 unspecified atom stereocenters. The van der Waals surface area contributed by atoms with Crippen LogP contribution in [-0.4, -0.2) is 36.0 Å². The molecule has 2 aliphatic carbocycles. The Kier molecular flexibility index (Phi) is 5.76. The highest BCUT2D eigenvalue weighted by Gasteiger charge is 2.67.